The van der Waals surface area contributed by atoms with Crippen molar-refractivity contribution in [1.82, 2.24) is 15.5 Å². The van der Waals surface area contributed by atoms with Gasteiger partial charge in [-0.15, -0.1) is 0 Å². The molecule has 1 atom stereocenters. The number of nitrogens with one attached hydrogen (secondary N) is 2. The summed E-state index contributed by atoms with van der Waals surface area (Å²) in [7, 11) is 0. The third-order valence-corrected chi connectivity index (χ3v) is 4.32. The van der Waals surface area contributed by atoms with Gasteiger partial charge in [-0.3, -0.25) is 9.89 Å². The lowest BCUT2D eigenvalue weighted by Crippen LogP contribution is -2.27. The first kappa shape index (κ1) is 18.2. The van der Waals surface area contributed by atoms with Crippen LogP contribution in [0.3, 0.4) is 0 Å². The van der Waals surface area contributed by atoms with Gasteiger partial charge >= 0.3 is 0 Å². The molecule has 1 heterocycles. The maximum absolute atomic E-state index is 12.6. The molecule has 3 rings (SSSR count). The fourth-order valence-electron chi connectivity index (χ4n) is 2.76. The monoisotopic (exact) mass is 356 g/mol. The van der Waals surface area contributed by atoms with Crippen LogP contribution in [0.5, 0.6) is 0 Å². The first-order valence-corrected chi connectivity index (χ1v) is 8.66. The lowest BCUT2D eigenvalue weighted by molar-refractivity contribution is -0.117. The summed E-state index contributed by atoms with van der Waals surface area (Å²) in [6.45, 7) is 3.91. The molecule has 1 unspecified atom stereocenters. The Labute approximate surface area is 158 Å². The summed E-state index contributed by atoms with van der Waals surface area (Å²) in [5, 5.41) is 19.3. The largest absolute Gasteiger partial charge is 0.345 e. The minimum atomic E-state index is -0.411. The van der Waals surface area contributed by atoms with E-state index in [9.17, 15) is 10.1 Å². The number of amides is 1. The third-order valence-electron chi connectivity index (χ3n) is 4.32. The van der Waals surface area contributed by atoms with E-state index in [0.29, 0.717) is 5.56 Å². The number of aromatic amines is 1. The Balaban J connectivity index is 1.81. The predicted octanol–water partition coefficient (Wildman–Crippen LogP) is 4.17. The predicted molar refractivity (Wildman–Crippen MR) is 105 cm³/mol. The van der Waals surface area contributed by atoms with E-state index in [0.717, 1.165) is 22.4 Å². The van der Waals surface area contributed by atoms with Gasteiger partial charge in [-0.05, 0) is 25.5 Å². The van der Waals surface area contributed by atoms with Crippen molar-refractivity contribution in [3.05, 3.63) is 83.1 Å². The van der Waals surface area contributed by atoms with Crippen molar-refractivity contribution < 1.29 is 4.79 Å². The van der Waals surface area contributed by atoms with Crippen LogP contribution in [-0.4, -0.2) is 16.1 Å². The number of H-pyrrole nitrogens is 1. The van der Waals surface area contributed by atoms with Crippen LogP contribution in [0.25, 0.3) is 17.3 Å². The Morgan fingerprint density at radius 3 is 2.56 bits per heavy atom. The molecule has 2 N–H and O–H groups in total. The number of hydrogen-bond donors (Lipinski definition) is 2. The van der Waals surface area contributed by atoms with Crippen LogP contribution in [0.2, 0.25) is 0 Å². The van der Waals surface area contributed by atoms with Gasteiger partial charge in [0.25, 0.3) is 5.91 Å². The normalized spacial score (nSPS) is 12.3. The molecule has 2 aromatic carbocycles. The van der Waals surface area contributed by atoms with E-state index >= 15 is 0 Å². The number of hydrogen-bond acceptors (Lipinski definition) is 3. The molecule has 0 saturated heterocycles. The maximum atomic E-state index is 12.6. The number of nitriles is 1. The summed E-state index contributed by atoms with van der Waals surface area (Å²) < 4.78 is 0. The number of benzene rings is 2. The number of aryl methyl sites for hydroxylation is 1. The van der Waals surface area contributed by atoms with E-state index in [2.05, 4.69) is 15.5 Å². The molecule has 1 aromatic heterocycles. The van der Waals surface area contributed by atoms with Crippen molar-refractivity contribution in [2.24, 2.45) is 0 Å². The zero-order valence-electron chi connectivity index (χ0n) is 15.2. The van der Waals surface area contributed by atoms with Gasteiger partial charge in [0.2, 0.25) is 0 Å². The molecular weight excluding hydrogens is 336 g/mol. The summed E-state index contributed by atoms with van der Waals surface area (Å²) >= 11 is 0. The van der Waals surface area contributed by atoms with Gasteiger partial charge in [0.15, 0.2) is 0 Å². The van der Waals surface area contributed by atoms with Gasteiger partial charge in [-0.25, -0.2) is 0 Å². The fourth-order valence-corrected chi connectivity index (χ4v) is 2.76. The highest BCUT2D eigenvalue weighted by atomic mass is 16.1. The Morgan fingerprint density at radius 1 is 1.19 bits per heavy atom. The summed E-state index contributed by atoms with van der Waals surface area (Å²) in [4.78, 5) is 12.6. The molecule has 0 bridgehead atoms. The van der Waals surface area contributed by atoms with Gasteiger partial charge in [0, 0.05) is 11.1 Å². The van der Waals surface area contributed by atoms with Gasteiger partial charge in [0.05, 0.1) is 17.9 Å². The molecule has 0 aliphatic carbocycles. The average Bonchev–Trinajstić information content (AvgIpc) is 3.15. The van der Waals surface area contributed by atoms with E-state index in [1.165, 1.54) is 0 Å². The van der Waals surface area contributed by atoms with Crippen LogP contribution in [0, 0.1) is 18.3 Å². The minimum Gasteiger partial charge on any atom is -0.345 e. The molecule has 0 saturated carbocycles. The highest BCUT2D eigenvalue weighted by Gasteiger charge is 2.15. The van der Waals surface area contributed by atoms with Crippen molar-refractivity contribution in [3.63, 3.8) is 0 Å². The van der Waals surface area contributed by atoms with Gasteiger partial charge in [-0.1, -0.05) is 60.2 Å². The number of nitrogens with zero attached hydrogens (tertiary/aromatic N) is 2. The SMILES string of the molecule is Cc1ccc(C(C)NC(=O)/C(C#N)=C/c2cn[nH]c2-c2ccccc2)cc1. The van der Waals surface area contributed by atoms with Crippen LogP contribution in [-0.2, 0) is 4.79 Å². The first-order chi connectivity index (χ1) is 13.1. The third kappa shape index (κ3) is 4.31. The Kier molecular flexibility index (Phi) is 5.48. The van der Waals surface area contributed by atoms with Gasteiger partial charge in [-0.2, -0.15) is 10.4 Å². The van der Waals surface area contributed by atoms with Crippen LogP contribution < -0.4 is 5.32 Å². The van der Waals surface area contributed by atoms with Crippen molar-refractivity contribution in [1.29, 1.82) is 5.26 Å². The second-order valence-electron chi connectivity index (χ2n) is 6.34. The van der Waals surface area contributed by atoms with Gasteiger partial charge in [0.1, 0.15) is 11.6 Å². The highest BCUT2D eigenvalue weighted by molar-refractivity contribution is 6.02. The molecule has 27 heavy (non-hydrogen) atoms. The van der Waals surface area contributed by atoms with E-state index in [4.69, 9.17) is 0 Å². The Bertz CT molecular complexity index is 995. The zero-order chi connectivity index (χ0) is 19.2. The lowest BCUT2D eigenvalue weighted by atomic mass is 10.0. The molecule has 0 aliphatic heterocycles. The number of aromatic nitrogens is 2. The average molecular weight is 356 g/mol. The topological polar surface area (TPSA) is 81.6 Å². The van der Waals surface area contributed by atoms with Crippen molar-refractivity contribution in [2.45, 2.75) is 19.9 Å². The van der Waals surface area contributed by atoms with Crippen molar-refractivity contribution in [2.75, 3.05) is 0 Å². The van der Waals surface area contributed by atoms with E-state index in [1.807, 2.05) is 74.5 Å². The zero-order valence-corrected chi connectivity index (χ0v) is 15.2. The van der Waals surface area contributed by atoms with Crippen LogP contribution in [0.1, 0.15) is 29.7 Å². The molecule has 1 amide bonds. The Morgan fingerprint density at radius 2 is 1.89 bits per heavy atom. The number of rotatable bonds is 5. The molecule has 5 heteroatoms. The maximum Gasteiger partial charge on any atom is 0.262 e. The van der Waals surface area contributed by atoms with Crippen LogP contribution in [0.15, 0.2) is 66.4 Å². The standard InChI is InChI=1S/C22H20N4O/c1-15-8-10-17(11-9-15)16(2)25-22(27)19(13-23)12-20-14-24-26-21(20)18-6-4-3-5-7-18/h3-12,14,16H,1-2H3,(H,24,26)(H,25,27)/b19-12+. The second-order valence-corrected chi connectivity index (χ2v) is 6.34. The molecule has 0 spiro atoms. The second kappa shape index (κ2) is 8.15. The highest BCUT2D eigenvalue weighted by Crippen LogP contribution is 2.23. The summed E-state index contributed by atoms with van der Waals surface area (Å²) in [6, 6.07) is 19.4. The molecule has 134 valence electrons. The van der Waals surface area contributed by atoms with E-state index < -0.39 is 5.91 Å². The first-order valence-electron chi connectivity index (χ1n) is 8.66. The van der Waals surface area contributed by atoms with E-state index in [-0.39, 0.29) is 11.6 Å². The number of carbonyl (C=O) groups is 1. The smallest absolute Gasteiger partial charge is 0.262 e. The molecular formula is C22H20N4O. The summed E-state index contributed by atoms with van der Waals surface area (Å²) in [5.41, 5.74) is 4.57. The minimum absolute atomic E-state index is 0.0348. The number of carbonyl (C=O) groups excluding carboxylic acids is 1. The quantitative estimate of drug-likeness (QED) is 0.532. The van der Waals surface area contributed by atoms with E-state index in [1.54, 1.807) is 12.3 Å². The molecule has 0 fully saturated rings. The summed E-state index contributed by atoms with van der Waals surface area (Å²) in [5.74, 6) is -0.411. The van der Waals surface area contributed by atoms with Crippen molar-refractivity contribution >= 4 is 12.0 Å². The Hall–Kier alpha value is -3.65. The van der Waals surface area contributed by atoms with Gasteiger partial charge < -0.3 is 5.32 Å². The summed E-state index contributed by atoms with van der Waals surface area (Å²) in [6.07, 6.45) is 3.17. The molecule has 0 radical (unpaired) electrons. The molecule has 5 nitrogen and oxygen atoms in total. The lowest BCUT2D eigenvalue weighted by Gasteiger charge is -2.14. The fraction of sp³-hybridized carbons (Fsp3) is 0.136. The van der Waals surface area contributed by atoms with Crippen LogP contribution in [0.4, 0.5) is 0 Å². The van der Waals surface area contributed by atoms with Crippen molar-refractivity contribution in [3.8, 4) is 17.3 Å². The molecule has 0 aliphatic rings. The molecule has 3 aromatic rings. The van der Waals surface area contributed by atoms with Crippen LogP contribution >= 0.6 is 0 Å².